The number of hydrogen-bond acceptors (Lipinski definition) is 2. The maximum Gasteiger partial charge on any atom is 0.320 e. The zero-order valence-electron chi connectivity index (χ0n) is 10.9. The molecule has 0 radical (unpaired) electrons. The van der Waals surface area contributed by atoms with Crippen LogP contribution in [0.15, 0.2) is 18.2 Å². The van der Waals surface area contributed by atoms with Crippen molar-refractivity contribution in [2.24, 2.45) is 5.92 Å². The van der Waals surface area contributed by atoms with Crippen molar-refractivity contribution in [3.63, 3.8) is 0 Å². The second-order valence-corrected chi connectivity index (χ2v) is 4.87. The maximum atomic E-state index is 11.1. The Labute approximate surface area is 103 Å². The zero-order valence-corrected chi connectivity index (χ0v) is 10.9. The summed E-state index contributed by atoms with van der Waals surface area (Å²) in [6.07, 6.45) is 0. The number of benzene rings is 1. The third kappa shape index (κ3) is 3.86. The van der Waals surface area contributed by atoms with E-state index >= 15 is 0 Å². The average molecular weight is 235 g/mol. The van der Waals surface area contributed by atoms with Crippen LogP contribution in [0.5, 0.6) is 0 Å². The van der Waals surface area contributed by atoms with Crippen molar-refractivity contribution in [3.05, 3.63) is 34.9 Å². The minimum absolute atomic E-state index is 0.0811. The van der Waals surface area contributed by atoms with Crippen LogP contribution < -0.4 is 5.32 Å². The molecule has 0 fully saturated rings. The van der Waals surface area contributed by atoms with Crippen LogP contribution in [0.25, 0.3) is 0 Å². The molecule has 0 aromatic heterocycles. The summed E-state index contributed by atoms with van der Waals surface area (Å²) >= 11 is 0. The summed E-state index contributed by atoms with van der Waals surface area (Å²) in [6.45, 7) is 8.51. The van der Waals surface area contributed by atoms with Crippen molar-refractivity contribution in [1.82, 2.24) is 5.32 Å². The van der Waals surface area contributed by atoms with Gasteiger partial charge in [0.05, 0.1) is 0 Å². The van der Waals surface area contributed by atoms with E-state index in [9.17, 15) is 4.79 Å². The van der Waals surface area contributed by atoms with Crippen molar-refractivity contribution in [2.45, 2.75) is 40.3 Å². The first-order valence-corrected chi connectivity index (χ1v) is 5.94. The molecule has 3 nitrogen and oxygen atoms in total. The van der Waals surface area contributed by atoms with Gasteiger partial charge in [0.25, 0.3) is 0 Å². The number of rotatable bonds is 5. The lowest BCUT2D eigenvalue weighted by atomic mass is 10.0. The number of aliphatic carboxylic acids is 1. The standard InChI is InChI=1S/C14H21NO2/c1-9(2)13(14(16)17)15-8-12-7-10(3)5-6-11(12)4/h5-7,9,13,15H,8H2,1-4H3,(H,16,17)/t13-/m0/s1. The number of carboxylic acid groups (broad SMARTS) is 1. The fourth-order valence-corrected chi connectivity index (χ4v) is 1.82. The minimum atomic E-state index is -0.787. The molecule has 0 unspecified atom stereocenters. The van der Waals surface area contributed by atoms with E-state index in [0.29, 0.717) is 6.54 Å². The predicted octanol–water partition coefficient (Wildman–Crippen LogP) is 2.50. The summed E-state index contributed by atoms with van der Waals surface area (Å²) in [5.74, 6) is -0.706. The summed E-state index contributed by atoms with van der Waals surface area (Å²) in [4.78, 5) is 11.1. The molecule has 94 valence electrons. The van der Waals surface area contributed by atoms with Gasteiger partial charge in [-0.05, 0) is 30.9 Å². The SMILES string of the molecule is Cc1ccc(C)c(CN[C@H](C(=O)O)C(C)C)c1. The predicted molar refractivity (Wildman–Crippen MR) is 69.0 cm³/mol. The van der Waals surface area contributed by atoms with E-state index in [0.717, 1.165) is 5.56 Å². The Kier molecular flexibility index (Phi) is 4.70. The average Bonchev–Trinajstić information content (AvgIpc) is 2.22. The highest BCUT2D eigenvalue weighted by Crippen LogP contribution is 2.11. The fraction of sp³-hybridized carbons (Fsp3) is 0.500. The molecule has 0 bridgehead atoms. The van der Waals surface area contributed by atoms with Crippen LogP contribution >= 0.6 is 0 Å². The largest absolute Gasteiger partial charge is 0.480 e. The molecule has 0 aliphatic carbocycles. The Morgan fingerprint density at radius 3 is 2.53 bits per heavy atom. The van der Waals surface area contributed by atoms with Crippen LogP contribution in [0.4, 0.5) is 0 Å². The molecule has 0 spiro atoms. The van der Waals surface area contributed by atoms with Crippen LogP contribution in [0.3, 0.4) is 0 Å². The number of hydrogen-bond donors (Lipinski definition) is 2. The molecule has 2 N–H and O–H groups in total. The van der Waals surface area contributed by atoms with Crippen LogP contribution in [0.1, 0.15) is 30.5 Å². The molecular weight excluding hydrogens is 214 g/mol. The Morgan fingerprint density at radius 2 is 2.00 bits per heavy atom. The van der Waals surface area contributed by atoms with Gasteiger partial charge in [-0.2, -0.15) is 0 Å². The molecule has 1 aromatic carbocycles. The van der Waals surface area contributed by atoms with Crippen molar-refractivity contribution in [2.75, 3.05) is 0 Å². The molecule has 0 saturated carbocycles. The number of carbonyl (C=O) groups is 1. The molecule has 17 heavy (non-hydrogen) atoms. The monoisotopic (exact) mass is 235 g/mol. The van der Waals surface area contributed by atoms with E-state index in [1.165, 1.54) is 11.1 Å². The Hall–Kier alpha value is -1.35. The van der Waals surface area contributed by atoms with Gasteiger partial charge in [0, 0.05) is 6.54 Å². The van der Waals surface area contributed by atoms with E-state index in [1.54, 1.807) is 0 Å². The van der Waals surface area contributed by atoms with Gasteiger partial charge in [-0.15, -0.1) is 0 Å². The molecule has 0 aliphatic rings. The van der Waals surface area contributed by atoms with Crippen molar-refractivity contribution in [3.8, 4) is 0 Å². The second-order valence-electron chi connectivity index (χ2n) is 4.87. The third-order valence-electron chi connectivity index (χ3n) is 2.95. The molecule has 1 atom stereocenters. The van der Waals surface area contributed by atoms with E-state index < -0.39 is 12.0 Å². The molecule has 0 saturated heterocycles. The highest BCUT2D eigenvalue weighted by atomic mass is 16.4. The van der Waals surface area contributed by atoms with Gasteiger partial charge < -0.3 is 10.4 Å². The molecule has 0 heterocycles. The number of carboxylic acids is 1. The highest BCUT2D eigenvalue weighted by molar-refractivity contribution is 5.73. The maximum absolute atomic E-state index is 11.1. The highest BCUT2D eigenvalue weighted by Gasteiger charge is 2.20. The molecule has 0 aliphatic heterocycles. The topological polar surface area (TPSA) is 49.3 Å². The van der Waals surface area contributed by atoms with Gasteiger partial charge >= 0.3 is 5.97 Å². The molecule has 1 aromatic rings. The van der Waals surface area contributed by atoms with E-state index in [4.69, 9.17) is 5.11 Å². The first kappa shape index (κ1) is 13.7. The summed E-state index contributed by atoms with van der Waals surface area (Å²) in [5.41, 5.74) is 3.55. The Morgan fingerprint density at radius 1 is 1.35 bits per heavy atom. The molecule has 3 heteroatoms. The van der Waals surface area contributed by atoms with Gasteiger partial charge in [-0.3, -0.25) is 4.79 Å². The lowest BCUT2D eigenvalue weighted by molar-refractivity contribution is -0.140. The summed E-state index contributed by atoms with van der Waals surface area (Å²) in [6, 6.07) is 5.74. The Balaban J connectivity index is 2.72. The molecular formula is C14H21NO2. The van der Waals surface area contributed by atoms with Gasteiger partial charge in [0.15, 0.2) is 0 Å². The Bertz CT molecular complexity index is 399. The van der Waals surface area contributed by atoms with Crippen LogP contribution in [0.2, 0.25) is 0 Å². The van der Waals surface area contributed by atoms with Crippen LogP contribution in [-0.2, 0) is 11.3 Å². The van der Waals surface area contributed by atoms with E-state index in [2.05, 4.69) is 23.5 Å². The van der Waals surface area contributed by atoms with Crippen molar-refractivity contribution < 1.29 is 9.90 Å². The first-order chi connectivity index (χ1) is 7.91. The lowest BCUT2D eigenvalue weighted by Gasteiger charge is -2.18. The van der Waals surface area contributed by atoms with Crippen LogP contribution in [-0.4, -0.2) is 17.1 Å². The van der Waals surface area contributed by atoms with E-state index in [1.807, 2.05) is 27.7 Å². The minimum Gasteiger partial charge on any atom is -0.480 e. The fourth-order valence-electron chi connectivity index (χ4n) is 1.82. The normalized spacial score (nSPS) is 12.8. The van der Waals surface area contributed by atoms with Gasteiger partial charge in [-0.25, -0.2) is 0 Å². The zero-order chi connectivity index (χ0) is 13.0. The van der Waals surface area contributed by atoms with Gasteiger partial charge in [-0.1, -0.05) is 37.6 Å². The molecule has 1 rings (SSSR count). The van der Waals surface area contributed by atoms with E-state index in [-0.39, 0.29) is 5.92 Å². The summed E-state index contributed by atoms with van der Waals surface area (Å²) in [5, 5.41) is 12.2. The van der Waals surface area contributed by atoms with Crippen molar-refractivity contribution >= 4 is 5.97 Å². The van der Waals surface area contributed by atoms with Crippen LogP contribution in [0, 0.1) is 19.8 Å². The summed E-state index contributed by atoms with van der Waals surface area (Å²) < 4.78 is 0. The van der Waals surface area contributed by atoms with Gasteiger partial charge in [0.2, 0.25) is 0 Å². The van der Waals surface area contributed by atoms with Crippen molar-refractivity contribution in [1.29, 1.82) is 0 Å². The third-order valence-corrected chi connectivity index (χ3v) is 2.95. The second kappa shape index (κ2) is 5.82. The smallest absolute Gasteiger partial charge is 0.320 e. The summed E-state index contributed by atoms with van der Waals surface area (Å²) in [7, 11) is 0. The quantitative estimate of drug-likeness (QED) is 0.824. The first-order valence-electron chi connectivity index (χ1n) is 5.94. The molecule has 0 amide bonds. The number of nitrogens with one attached hydrogen (secondary N) is 1. The number of aryl methyl sites for hydroxylation is 2. The lowest BCUT2D eigenvalue weighted by Crippen LogP contribution is -2.40. The van der Waals surface area contributed by atoms with Gasteiger partial charge in [0.1, 0.15) is 6.04 Å².